The minimum Gasteiger partial charge on any atom is -0.236 e. The second-order valence-electron chi connectivity index (χ2n) is 3.31. The zero-order chi connectivity index (χ0) is 11.2. The zero-order valence-electron chi connectivity index (χ0n) is 8.76. The molecule has 0 fully saturated rings. The Morgan fingerprint density at radius 2 is 2.12 bits per heavy atom. The lowest BCUT2D eigenvalue weighted by atomic mass is 10.2. The van der Waals surface area contributed by atoms with E-state index in [-0.39, 0.29) is 0 Å². The van der Waals surface area contributed by atoms with Crippen LogP contribution in [0.5, 0.6) is 0 Å². The summed E-state index contributed by atoms with van der Waals surface area (Å²) in [7, 11) is 0. The summed E-state index contributed by atoms with van der Waals surface area (Å²) in [4.78, 5) is 8.48. The van der Waals surface area contributed by atoms with E-state index in [4.69, 9.17) is 5.26 Å². The normalized spacial score (nSPS) is 10.2. The Kier molecular flexibility index (Phi) is 3.73. The van der Waals surface area contributed by atoms with Gasteiger partial charge in [0, 0.05) is 17.6 Å². The Morgan fingerprint density at radius 1 is 1.25 bits per heavy atom. The molecule has 3 nitrogen and oxygen atoms in total. The Hall–Kier alpha value is -1.60. The van der Waals surface area contributed by atoms with Gasteiger partial charge in [-0.3, -0.25) is 0 Å². The van der Waals surface area contributed by atoms with Crippen LogP contribution in [0.1, 0.15) is 12.8 Å². The maximum atomic E-state index is 8.45. The highest BCUT2D eigenvalue weighted by molar-refractivity contribution is 7.99. The fourth-order valence-electron chi connectivity index (χ4n) is 1.42. The topological polar surface area (TPSA) is 49.6 Å². The van der Waals surface area contributed by atoms with Gasteiger partial charge in [-0.05, 0) is 12.5 Å². The van der Waals surface area contributed by atoms with E-state index >= 15 is 0 Å². The number of hydrogen-bond acceptors (Lipinski definition) is 4. The molecule has 0 amide bonds. The highest BCUT2D eigenvalue weighted by Gasteiger charge is 2.02. The monoisotopic (exact) mass is 229 g/mol. The van der Waals surface area contributed by atoms with Crippen LogP contribution in [0.2, 0.25) is 0 Å². The molecule has 2 aromatic rings. The summed E-state index contributed by atoms with van der Waals surface area (Å²) in [5.74, 6) is 0.925. The quantitative estimate of drug-likeness (QED) is 0.459. The minimum absolute atomic E-state index is 0.607. The number of unbranched alkanes of at least 4 members (excludes halogenated alkanes) is 1. The number of thioether (sulfide) groups is 1. The predicted molar refractivity (Wildman–Crippen MR) is 65.1 cm³/mol. The first-order chi connectivity index (χ1) is 7.92. The minimum atomic E-state index is 0.607. The van der Waals surface area contributed by atoms with Crippen molar-refractivity contribution < 1.29 is 0 Å². The number of benzene rings is 1. The molecule has 0 atom stereocenters. The summed E-state index contributed by atoms with van der Waals surface area (Å²) in [6, 6.07) is 10.1. The van der Waals surface area contributed by atoms with Crippen molar-refractivity contribution in [2.75, 3.05) is 5.75 Å². The lowest BCUT2D eigenvalue weighted by Crippen LogP contribution is -1.87. The van der Waals surface area contributed by atoms with Crippen molar-refractivity contribution in [3.05, 3.63) is 30.6 Å². The standard InChI is InChI=1S/C12H11N3S/c13-7-3-4-8-16-12-10-5-1-2-6-11(10)14-9-15-12/h1-2,5-6,9H,3-4,8H2. The van der Waals surface area contributed by atoms with Crippen LogP contribution in [0, 0.1) is 11.3 Å². The highest BCUT2D eigenvalue weighted by Crippen LogP contribution is 2.24. The number of fused-ring (bicyclic) bond motifs is 1. The van der Waals surface area contributed by atoms with Crippen LogP contribution >= 0.6 is 11.8 Å². The third kappa shape index (κ3) is 2.50. The third-order valence-corrected chi connectivity index (χ3v) is 3.27. The van der Waals surface area contributed by atoms with Crippen LogP contribution in [0.25, 0.3) is 10.9 Å². The van der Waals surface area contributed by atoms with E-state index in [9.17, 15) is 0 Å². The Morgan fingerprint density at radius 3 is 3.00 bits per heavy atom. The van der Waals surface area contributed by atoms with Gasteiger partial charge < -0.3 is 0 Å². The summed E-state index contributed by atoms with van der Waals surface area (Å²) in [6.45, 7) is 0. The van der Waals surface area contributed by atoms with Crippen molar-refractivity contribution >= 4 is 22.7 Å². The molecule has 0 saturated carbocycles. The van der Waals surface area contributed by atoms with Gasteiger partial charge in [-0.15, -0.1) is 11.8 Å². The summed E-state index contributed by atoms with van der Waals surface area (Å²) >= 11 is 1.69. The SMILES string of the molecule is N#CCCCSc1ncnc2ccccc12. The van der Waals surface area contributed by atoms with Gasteiger partial charge in [0.25, 0.3) is 0 Å². The first-order valence-corrected chi connectivity index (χ1v) is 6.10. The zero-order valence-corrected chi connectivity index (χ0v) is 9.57. The van der Waals surface area contributed by atoms with Gasteiger partial charge in [0.05, 0.1) is 11.6 Å². The molecule has 1 aromatic carbocycles. The van der Waals surface area contributed by atoms with Gasteiger partial charge >= 0.3 is 0 Å². The van der Waals surface area contributed by atoms with E-state index in [1.54, 1.807) is 18.1 Å². The average molecular weight is 229 g/mol. The molecule has 0 unspecified atom stereocenters. The van der Waals surface area contributed by atoms with E-state index in [1.165, 1.54) is 0 Å². The van der Waals surface area contributed by atoms with Gasteiger partial charge in [-0.1, -0.05) is 18.2 Å². The van der Waals surface area contributed by atoms with E-state index in [2.05, 4.69) is 16.0 Å². The van der Waals surface area contributed by atoms with Gasteiger partial charge in [-0.25, -0.2) is 9.97 Å². The van der Waals surface area contributed by atoms with Crippen molar-refractivity contribution in [1.82, 2.24) is 9.97 Å². The van der Waals surface area contributed by atoms with Crippen molar-refractivity contribution in [3.8, 4) is 6.07 Å². The first kappa shape index (κ1) is 10.9. The molecule has 0 aliphatic heterocycles. The van der Waals surface area contributed by atoms with Crippen LogP contribution in [0.3, 0.4) is 0 Å². The Labute approximate surface area is 98.5 Å². The van der Waals surface area contributed by atoms with Gasteiger partial charge in [0.1, 0.15) is 11.4 Å². The second-order valence-corrected chi connectivity index (χ2v) is 4.39. The predicted octanol–water partition coefficient (Wildman–Crippen LogP) is 3.03. The molecule has 0 spiro atoms. The lowest BCUT2D eigenvalue weighted by Gasteiger charge is -2.03. The summed E-state index contributed by atoms with van der Waals surface area (Å²) in [5, 5.41) is 10.5. The van der Waals surface area contributed by atoms with Crippen LogP contribution in [0.4, 0.5) is 0 Å². The largest absolute Gasteiger partial charge is 0.236 e. The molecule has 0 aliphatic carbocycles. The number of aromatic nitrogens is 2. The van der Waals surface area contributed by atoms with E-state index < -0.39 is 0 Å². The third-order valence-electron chi connectivity index (χ3n) is 2.18. The van der Waals surface area contributed by atoms with E-state index in [0.29, 0.717) is 6.42 Å². The highest BCUT2D eigenvalue weighted by atomic mass is 32.2. The van der Waals surface area contributed by atoms with Gasteiger partial charge in [0.2, 0.25) is 0 Å². The Balaban J connectivity index is 2.15. The summed E-state index contributed by atoms with van der Waals surface area (Å²) in [6.07, 6.45) is 3.10. The summed E-state index contributed by atoms with van der Waals surface area (Å²) in [5.41, 5.74) is 0.972. The molecule has 1 aromatic heterocycles. The molecule has 0 saturated heterocycles. The number of para-hydroxylation sites is 1. The molecular formula is C12H11N3S. The average Bonchev–Trinajstić information content (AvgIpc) is 2.35. The molecule has 80 valence electrons. The molecule has 2 rings (SSSR count). The molecule has 4 heteroatoms. The fraction of sp³-hybridized carbons (Fsp3) is 0.250. The molecule has 0 aliphatic rings. The van der Waals surface area contributed by atoms with E-state index in [0.717, 1.165) is 28.1 Å². The van der Waals surface area contributed by atoms with Crippen LogP contribution in [-0.2, 0) is 0 Å². The van der Waals surface area contributed by atoms with E-state index in [1.807, 2.05) is 24.3 Å². The molecule has 0 radical (unpaired) electrons. The maximum Gasteiger partial charge on any atom is 0.117 e. The fourth-order valence-corrected chi connectivity index (χ4v) is 2.35. The molecule has 16 heavy (non-hydrogen) atoms. The molecular weight excluding hydrogens is 218 g/mol. The van der Waals surface area contributed by atoms with Crippen molar-refractivity contribution in [3.63, 3.8) is 0 Å². The van der Waals surface area contributed by atoms with Crippen LogP contribution in [-0.4, -0.2) is 15.7 Å². The van der Waals surface area contributed by atoms with Crippen LogP contribution < -0.4 is 0 Å². The Bertz CT molecular complexity index is 514. The smallest absolute Gasteiger partial charge is 0.117 e. The number of hydrogen-bond donors (Lipinski definition) is 0. The van der Waals surface area contributed by atoms with Crippen molar-refractivity contribution in [2.45, 2.75) is 17.9 Å². The van der Waals surface area contributed by atoms with Crippen molar-refractivity contribution in [1.29, 1.82) is 5.26 Å². The van der Waals surface area contributed by atoms with Crippen LogP contribution in [0.15, 0.2) is 35.6 Å². The molecule has 0 N–H and O–H groups in total. The molecule has 1 heterocycles. The lowest BCUT2D eigenvalue weighted by molar-refractivity contribution is 0.977. The van der Waals surface area contributed by atoms with Gasteiger partial charge in [-0.2, -0.15) is 5.26 Å². The number of nitrogens with zero attached hydrogens (tertiary/aromatic N) is 3. The van der Waals surface area contributed by atoms with Crippen molar-refractivity contribution in [2.24, 2.45) is 0 Å². The van der Waals surface area contributed by atoms with Gasteiger partial charge in [0.15, 0.2) is 0 Å². The number of rotatable bonds is 4. The first-order valence-electron chi connectivity index (χ1n) is 5.11. The number of nitriles is 1. The molecule has 0 bridgehead atoms. The summed E-state index contributed by atoms with van der Waals surface area (Å²) < 4.78 is 0. The maximum absolute atomic E-state index is 8.45. The second kappa shape index (κ2) is 5.47.